The standard InChI is InChI=1S/C14H17N3O4/c1-15-12(18)7-8-16(2)13(19)9-17-10-5-3-4-6-11(10)21-14(17)20/h3-6H,7-9H2,1-2H3,(H,15,18). The van der Waals surface area contributed by atoms with Crippen LogP contribution in [0.4, 0.5) is 0 Å². The molecule has 0 aliphatic heterocycles. The first-order valence-electron chi connectivity index (χ1n) is 6.56. The summed E-state index contributed by atoms with van der Waals surface area (Å²) in [5, 5.41) is 2.49. The molecule has 0 spiro atoms. The molecule has 7 heteroatoms. The van der Waals surface area contributed by atoms with Gasteiger partial charge in [-0.2, -0.15) is 0 Å². The maximum atomic E-state index is 12.1. The molecule has 0 aliphatic rings. The molecule has 0 atom stereocenters. The van der Waals surface area contributed by atoms with Gasteiger partial charge in [0.05, 0.1) is 5.52 Å². The number of hydrogen-bond donors (Lipinski definition) is 1. The lowest BCUT2D eigenvalue weighted by molar-refractivity contribution is -0.131. The number of nitrogens with zero attached hydrogens (tertiary/aromatic N) is 2. The van der Waals surface area contributed by atoms with Crippen LogP contribution >= 0.6 is 0 Å². The zero-order valence-corrected chi connectivity index (χ0v) is 12.0. The maximum Gasteiger partial charge on any atom is 0.420 e. The average Bonchev–Trinajstić information content (AvgIpc) is 2.80. The summed E-state index contributed by atoms with van der Waals surface area (Å²) in [5.74, 6) is -0.961. The molecule has 21 heavy (non-hydrogen) atoms. The number of nitrogens with one attached hydrogen (secondary N) is 1. The number of benzene rings is 1. The SMILES string of the molecule is CNC(=O)CCN(C)C(=O)Cn1c(=O)oc2ccccc21. The van der Waals surface area contributed by atoms with E-state index in [1.54, 1.807) is 38.4 Å². The summed E-state index contributed by atoms with van der Waals surface area (Å²) in [6.45, 7) is 0.184. The minimum absolute atomic E-state index is 0.111. The van der Waals surface area contributed by atoms with Gasteiger partial charge in [0.2, 0.25) is 11.8 Å². The molecule has 0 fully saturated rings. The van der Waals surface area contributed by atoms with Crippen molar-refractivity contribution >= 4 is 22.9 Å². The minimum atomic E-state index is -0.566. The molecule has 2 rings (SSSR count). The number of carbonyl (C=O) groups excluding carboxylic acids is 2. The fourth-order valence-electron chi connectivity index (χ4n) is 1.94. The van der Waals surface area contributed by atoms with E-state index in [0.717, 1.165) is 0 Å². The Kier molecular flexibility index (Phi) is 4.42. The third-order valence-corrected chi connectivity index (χ3v) is 3.25. The van der Waals surface area contributed by atoms with Crippen LogP contribution < -0.4 is 11.1 Å². The van der Waals surface area contributed by atoms with Crippen LogP contribution in [-0.4, -0.2) is 41.9 Å². The van der Waals surface area contributed by atoms with Gasteiger partial charge in [-0.05, 0) is 12.1 Å². The van der Waals surface area contributed by atoms with Crippen LogP contribution in [0, 0.1) is 0 Å². The van der Waals surface area contributed by atoms with Gasteiger partial charge in [0.25, 0.3) is 0 Å². The van der Waals surface area contributed by atoms with Crippen molar-refractivity contribution in [2.24, 2.45) is 0 Å². The van der Waals surface area contributed by atoms with Gasteiger partial charge in [-0.1, -0.05) is 12.1 Å². The van der Waals surface area contributed by atoms with Crippen molar-refractivity contribution in [1.82, 2.24) is 14.8 Å². The molecule has 0 saturated heterocycles. The Morgan fingerprint density at radius 1 is 1.33 bits per heavy atom. The highest BCUT2D eigenvalue weighted by molar-refractivity contribution is 5.80. The molecule has 0 radical (unpaired) electrons. The highest BCUT2D eigenvalue weighted by atomic mass is 16.4. The van der Waals surface area contributed by atoms with Crippen LogP contribution in [0.5, 0.6) is 0 Å². The minimum Gasteiger partial charge on any atom is -0.408 e. The van der Waals surface area contributed by atoms with Crippen molar-refractivity contribution in [3.63, 3.8) is 0 Å². The molecular formula is C14H17N3O4. The van der Waals surface area contributed by atoms with Gasteiger partial charge in [-0.15, -0.1) is 0 Å². The summed E-state index contributed by atoms with van der Waals surface area (Å²) in [6, 6.07) is 6.92. The predicted molar refractivity (Wildman–Crippen MR) is 76.8 cm³/mol. The molecule has 0 unspecified atom stereocenters. The Balaban J connectivity index is 2.09. The van der Waals surface area contributed by atoms with Crippen molar-refractivity contribution in [1.29, 1.82) is 0 Å². The second-order valence-electron chi connectivity index (χ2n) is 4.66. The molecule has 2 aromatic rings. The highest BCUT2D eigenvalue weighted by Crippen LogP contribution is 2.11. The first-order chi connectivity index (χ1) is 10.0. The Morgan fingerprint density at radius 3 is 2.76 bits per heavy atom. The second-order valence-corrected chi connectivity index (χ2v) is 4.66. The molecular weight excluding hydrogens is 274 g/mol. The summed E-state index contributed by atoms with van der Waals surface area (Å²) >= 11 is 0. The van der Waals surface area contributed by atoms with Gasteiger partial charge < -0.3 is 14.6 Å². The van der Waals surface area contributed by atoms with Crippen LogP contribution in [0.3, 0.4) is 0 Å². The molecule has 1 heterocycles. The number of para-hydroxylation sites is 2. The quantitative estimate of drug-likeness (QED) is 0.852. The van der Waals surface area contributed by atoms with Crippen LogP contribution in [-0.2, 0) is 16.1 Å². The van der Waals surface area contributed by atoms with Crippen LogP contribution in [0.15, 0.2) is 33.5 Å². The van der Waals surface area contributed by atoms with Crippen molar-refractivity contribution < 1.29 is 14.0 Å². The van der Waals surface area contributed by atoms with E-state index in [1.165, 1.54) is 9.47 Å². The number of aromatic nitrogens is 1. The molecule has 0 bridgehead atoms. The van der Waals surface area contributed by atoms with Gasteiger partial charge in [0.1, 0.15) is 6.54 Å². The Labute approximate surface area is 121 Å². The van der Waals surface area contributed by atoms with E-state index in [1.807, 2.05) is 0 Å². The van der Waals surface area contributed by atoms with Crippen LogP contribution in [0.2, 0.25) is 0 Å². The maximum absolute atomic E-state index is 12.1. The number of hydrogen-bond acceptors (Lipinski definition) is 4. The lowest BCUT2D eigenvalue weighted by Crippen LogP contribution is -2.35. The zero-order valence-electron chi connectivity index (χ0n) is 12.0. The number of carbonyl (C=O) groups is 2. The normalized spacial score (nSPS) is 10.6. The van der Waals surface area contributed by atoms with E-state index < -0.39 is 5.76 Å². The first-order valence-corrected chi connectivity index (χ1v) is 6.56. The first kappa shape index (κ1) is 14.8. The Morgan fingerprint density at radius 2 is 2.05 bits per heavy atom. The molecule has 1 N–H and O–H groups in total. The van der Waals surface area contributed by atoms with E-state index in [2.05, 4.69) is 5.32 Å². The number of amides is 2. The molecule has 0 saturated carbocycles. The van der Waals surface area contributed by atoms with E-state index in [0.29, 0.717) is 17.6 Å². The monoisotopic (exact) mass is 291 g/mol. The van der Waals surface area contributed by atoms with Gasteiger partial charge in [-0.3, -0.25) is 14.2 Å². The third-order valence-electron chi connectivity index (χ3n) is 3.25. The summed E-state index contributed by atoms with van der Waals surface area (Å²) in [7, 11) is 3.14. The number of fused-ring (bicyclic) bond motifs is 1. The van der Waals surface area contributed by atoms with E-state index >= 15 is 0 Å². The number of rotatable bonds is 5. The van der Waals surface area contributed by atoms with Crippen molar-refractivity contribution in [2.45, 2.75) is 13.0 Å². The van der Waals surface area contributed by atoms with Gasteiger partial charge in [0.15, 0.2) is 5.58 Å². The summed E-state index contributed by atoms with van der Waals surface area (Å²) in [4.78, 5) is 36.5. The topological polar surface area (TPSA) is 84.5 Å². The fraction of sp³-hybridized carbons (Fsp3) is 0.357. The number of likely N-dealkylation sites (N-methyl/N-ethyl adjacent to an activating group) is 1. The fourth-order valence-corrected chi connectivity index (χ4v) is 1.94. The lowest BCUT2D eigenvalue weighted by atomic mass is 10.3. The third kappa shape index (κ3) is 3.31. The van der Waals surface area contributed by atoms with Crippen LogP contribution in [0.25, 0.3) is 11.1 Å². The smallest absolute Gasteiger partial charge is 0.408 e. The van der Waals surface area contributed by atoms with Gasteiger partial charge in [0, 0.05) is 27.1 Å². The number of oxazole rings is 1. The van der Waals surface area contributed by atoms with Crippen molar-refractivity contribution in [3.05, 3.63) is 34.8 Å². The Bertz CT molecular complexity index is 716. The summed E-state index contributed by atoms with van der Waals surface area (Å²) in [5.41, 5.74) is 1.03. The largest absolute Gasteiger partial charge is 0.420 e. The van der Waals surface area contributed by atoms with Gasteiger partial charge in [-0.25, -0.2) is 4.79 Å². The van der Waals surface area contributed by atoms with Crippen molar-refractivity contribution in [3.8, 4) is 0 Å². The lowest BCUT2D eigenvalue weighted by Gasteiger charge is -2.16. The molecule has 1 aromatic heterocycles. The van der Waals surface area contributed by atoms with E-state index in [4.69, 9.17) is 4.42 Å². The summed E-state index contributed by atoms with van der Waals surface area (Å²) in [6.07, 6.45) is 0.222. The second kappa shape index (κ2) is 6.25. The van der Waals surface area contributed by atoms with Crippen molar-refractivity contribution in [2.75, 3.05) is 20.6 Å². The molecule has 2 amide bonds. The predicted octanol–water partition coefficient (Wildman–Crippen LogP) is 0.189. The van der Waals surface area contributed by atoms with Gasteiger partial charge >= 0.3 is 5.76 Å². The van der Waals surface area contributed by atoms with E-state index in [9.17, 15) is 14.4 Å². The molecule has 1 aromatic carbocycles. The molecule has 112 valence electrons. The summed E-state index contributed by atoms with van der Waals surface area (Å²) < 4.78 is 6.35. The highest BCUT2D eigenvalue weighted by Gasteiger charge is 2.15. The molecule has 0 aliphatic carbocycles. The average molecular weight is 291 g/mol. The van der Waals surface area contributed by atoms with Crippen LogP contribution in [0.1, 0.15) is 6.42 Å². The van der Waals surface area contributed by atoms with E-state index in [-0.39, 0.29) is 24.8 Å². The molecule has 7 nitrogen and oxygen atoms in total. The zero-order chi connectivity index (χ0) is 15.4. The Hall–Kier alpha value is -2.57.